The number of anilines is 1. The summed E-state index contributed by atoms with van der Waals surface area (Å²) in [5.41, 5.74) is 0.661. The average Bonchev–Trinajstić information content (AvgIpc) is 2.19. The SMILES string of the molecule is CC(C#N)Nc1ccc(Br)c(Cl)c1Cl. The second-order valence-electron chi connectivity index (χ2n) is 2.72. The van der Waals surface area contributed by atoms with Gasteiger partial charge in [0, 0.05) is 4.47 Å². The molecule has 1 N–H and O–H groups in total. The molecule has 0 spiro atoms. The maximum atomic E-state index is 8.61. The summed E-state index contributed by atoms with van der Waals surface area (Å²) in [6, 6.07) is 5.30. The lowest BCUT2D eigenvalue weighted by Gasteiger charge is -2.11. The van der Waals surface area contributed by atoms with Crippen LogP contribution in [0.4, 0.5) is 5.69 Å². The number of halogens is 3. The molecule has 2 nitrogen and oxygen atoms in total. The van der Waals surface area contributed by atoms with Crippen LogP contribution in [0.3, 0.4) is 0 Å². The quantitative estimate of drug-likeness (QED) is 0.834. The Morgan fingerprint density at radius 1 is 1.43 bits per heavy atom. The monoisotopic (exact) mass is 292 g/mol. The number of nitrogens with one attached hydrogen (secondary N) is 1. The summed E-state index contributed by atoms with van der Waals surface area (Å²) < 4.78 is 0.735. The van der Waals surface area contributed by atoms with Gasteiger partial charge in [0.05, 0.1) is 21.8 Å². The molecule has 0 heterocycles. The van der Waals surface area contributed by atoms with E-state index in [9.17, 15) is 0 Å². The molecule has 0 aliphatic rings. The van der Waals surface area contributed by atoms with Crippen LogP contribution < -0.4 is 5.32 Å². The fourth-order valence-corrected chi connectivity index (χ4v) is 1.73. The summed E-state index contributed by atoms with van der Waals surface area (Å²) in [6.45, 7) is 1.74. The van der Waals surface area contributed by atoms with Crippen LogP contribution in [0.15, 0.2) is 16.6 Å². The third kappa shape index (κ3) is 2.54. The predicted octanol–water partition coefficient (Wildman–Crippen LogP) is 4.08. The Bertz CT molecular complexity index is 387. The Kier molecular flexibility index (Phi) is 4.06. The van der Waals surface area contributed by atoms with Gasteiger partial charge in [-0.2, -0.15) is 5.26 Å². The highest BCUT2D eigenvalue weighted by atomic mass is 79.9. The minimum absolute atomic E-state index is 0.301. The van der Waals surface area contributed by atoms with E-state index in [-0.39, 0.29) is 6.04 Å². The van der Waals surface area contributed by atoms with Crippen molar-refractivity contribution in [3.63, 3.8) is 0 Å². The van der Waals surface area contributed by atoms with Gasteiger partial charge in [0.15, 0.2) is 0 Å². The van der Waals surface area contributed by atoms with E-state index in [2.05, 4.69) is 27.3 Å². The van der Waals surface area contributed by atoms with Gasteiger partial charge < -0.3 is 5.32 Å². The molecule has 0 aliphatic heterocycles. The van der Waals surface area contributed by atoms with E-state index in [1.165, 1.54) is 0 Å². The van der Waals surface area contributed by atoms with Gasteiger partial charge in [-0.1, -0.05) is 23.2 Å². The molecule has 0 saturated heterocycles. The highest BCUT2D eigenvalue weighted by Crippen LogP contribution is 2.35. The van der Waals surface area contributed by atoms with Gasteiger partial charge in [0.1, 0.15) is 6.04 Å². The summed E-state index contributed by atoms with van der Waals surface area (Å²) in [5, 5.41) is 12.4. The van der Waals surface area contributed by atoms with E-state index in [4.69, 9.17) is 28.5 Å². The van der Waals surface area contributed by atoms with Crippen molar-refractivity contribution >= 4 is 44.8 Å². The fourth-order valence-electron chi connectivity index (χ4n) is 0.903. The molecule has 0 saturated carbocycles. The van der Waals surface area contributed by atoms with Crippen molar-refractivity contribution < 1.29 is 0 Å². The first-order valence-corrected chi connectivity index (χ1v) is 5.40. The van der Waals surface area contributed by atoms with Gasteiger partial charge in [0.25, 0.3) is 0 Å². The largest absolute Gasteiger partial charge is 0.369 e. The molecular formula is C9H7BrCl2N2. The predicted molar refractivity (Wildman–Crippen MR) is 62.9 cm³/mol. The number of hydrogen-bond donors (Lipinski definition) is 1. The fraction of sp³-hybridized carbons (Fsp3) is 0.222. The molecule has 14 heavy (non-hydrogen) atoms. The van der Waals surface area contributed by atoms with Gasteiger partial charge in [-0.3, -0.25) is 0 Å². The van der Waals surface area contributed by atoms with Crippen LogP contribution in [0.5, 0.6) is 0 Å². The van der Waals surface area contributed by atoms with Crippen LogP contribution in [-0.2, 0) is 0 Å². The zero-order chi connectivity index (χ0) is 10.7. The zero-order valence-electron chi connectivity index (χ0n) is 7.31. The molecule has 1 rings (SSSR count). The normalized spacial score (nSPS) is 11.9. The second kappa shape index (κ2) is 4.88. The molecule has 0 aromatic heterocycles. The third-order valence-corrected chi connectivity index (χ3v) is 3.37. The summed E-state index contributed by atoms with van der Waals surface area (Å²) in [5.74, 6) is 0. The lowest BCUT2D eigenvalue weighted by molar-refractivity contribution is 1.01. The lowest BCUT2D eigenvalue weighted by Crippen LogP contribution is -2.12. The third-order valence-electron chi connectivity index (χ3n) is 1.60. The van der Waals surface area contributed by atoms with Crippen LogP contribution in [-0.4, -0.2) is 6.04 Å². The van der Waals surface area contributed by atoms with Crippen molar-refractivity contribution in [1.82, 2.24) is 0 Å². The molecule has 1 aromatic carbocycles. The van der Waals surface area contributed by atoms with E-state index < -0.39 is 0 Å². The number of nitrogens with zero attached hydrogens (tertiary/aromatic N) is 1. The maximum absolute atomic E-state index is 8.61. The van der Waals surface area contributed by atoms with Crippen molar-refractivity contribution in [2.24, 2.45) is 0 Å². The summed E-state index contributed by atoms with van der Waals surface area (Å²) in [7, 11) is 0. The summed E-state index contributed by atoms with van der Waals surface area (Å²) in [4.78, 5) is 0. The van der Waals surface area contributed by atoms with Crippen LogP contribution in [0, 0.1) is 11.3 Å². The molecule has 0 aliphatic carbocycles. The van der Waals surface area contributed by atoms with Gasteiger partial charge in [-0.05, 0) is 35.0 Å². The molecule has 0 fully saturated rings. The Labute approximate surface area is 101 Å². The van der Waals surface area contributed by atoms with Gasteiger partial charge in [0.2, 0.25) is 0 Å². The molecule has 1 atom stereocenters. The minimum atomic E-state index is -0.301. The smallest absolute Gasteiger partial charge is 0.111 e. The minimum Gasteiger partial charge on any atom is -0.369 e. The highest BCUT2D eigenvalue weighted by molar-refractivity contribution is 9.10. The van der Waals surface area contributed by atoms with Crippen molar-refractivity contribution in [2.75, 3.05) is 5.32 Å². The topological polar surface area (TPSA) is 35.8 Å². The number of rotatable bonds is 2. The molecule has 5 heteroatoms. The molecule has 1 unspecified atom stereocenters. The van der Waals surface area contributed by atoms with Crippen molar-refractivity contribution in [3.05, 3.63) is 26.7 Å². The molecular weight excluding hydrogens is 287 g/mol. The van der Waals surface area contributed by atoms with E-state index >= 15 is 0 Å². The Morgan fingerprint density at radius 3 is 2.64 bits per heavy atom. The Hall–Kier alpha value is -0.430. The standard InChI is InChI=1S/C9H7BrCl2N2/c1-5(4-13)14-7-3-2-6(10)8(11)9(7)12/h2-3,5,14H,1H3. The summed E-state index contributed by atoms with van der Waals surface area (Å²) in [6.07, 6.45) is 0. The average molecular weight is 294 g/mol. The van der Waals surface area contributed by atoms with Crippen LogP contribution in [0.1, 0.15) is 6.92 Å². The first-order chi connectivity index (χ1) is 6.56. The van der Waals surface area contributed by atoms with E-state index in [1.54, 1.807) is 19.1 Å². The Morgan fingerprint density at radius 2 is 2.07 bits per heavy atom. The van der Waals surface area contributed by atoms with Gasteiger partial charge >= 0.3 is 0 Å². The molecule has 0 bridgehead atoms. The van der Waals surface area contributed by atoms with Crippen molar-refractivity contribution in [2.45, 2.75) is 13.0 Å². The lowest BCUT2D eigenvalue weighted by atomic mass is 10.3. The van der Waals surface area contributed by atoms with E-state index in [1.807, 2.05) is 0 Å². The van der Waals surface area contributed by atoms with Gasteiger partial charge in [-0.25, -0.2) is 0 Å². The number of nitriles is 1. The van der Waals surface area contributed by atoms with Crippen LogP contribution in [0.2, 0.25) is 10.0 Å². The molecule has 1 aromatic rings. The van der Waals surface area contributed by atoms with Crippen molar-refractivity contribution in [1.29, 1.82) is 5.26 Å². The molecule has 74 valence electrons. The van der Waals surface area contributed by atoms with E-state index in [0.29, 0.717) is 15.7 Å². The first kappa shape index (κ1) is 11.6. The van der Waals surface area contributed by atoms with Gasteiger partial charge in [-0.15, -0.1) is 0 Å². The second-order valence-corrected chi connectivity index (χ2v) is 4.33. The van der Waals surface area contributed by atoms with Crippen molar-refractivity contribution in [3.8, 4) is 6.07 Å². The number of benzene rings is 1. The molecule has 0 radical (unpaired) electrons. The zero-order valence-corrected chi connectivity index (χ0v) is 10.4. The Balaban J connectivity index is 3.01. The summed E-state index contributed by atoms with van der Waals surface area (Å²) >= 11 is 15.1. The molecule has 0 amide bonds. The van der Waals surface area contributed by atoms with Crippen LogP contribution >= 0.6 is 39.1 Å². The first-order valence-electron chi connectivity index (χ1n) is 3.86. The highest BCUT2D eigenvalue weighted by Gasteiger charge is 2.09. The van der Waals surface area contributed by atoms with E-state index in [0.717, 1.165) is 4.47 Å². The number of hydrogen-bond acceptors (Lipinski definition) is 2. The van der Waals surface area contributed by atoms with Crippen LogP contribution in [0.25, 0.3) is 0 Å². The maximum Gasteiger partial charge on any atom is 0.111 e.